The van der Waals surface area contributed by atoms with Gasteiger partial charge in [0.2, 0.25) is 0 Å². The molecule has 0 amide bonds. The summed E-state index contributed by atoms with van der Waals surface area (Å²) >= 11 is 0. The van der Waals surface area contributed by atoms with E-state index in [2.05, 4.69) is 19.1 Å². The zero-order chi connectivity index (χ0) is 15.1. The standard InChI is InChI=1S/C19H21NO/c1-15-8-3-5-11-18(15)17(14-20)10-7-13-21-19-12-6-4-9-16(19)2/h3-6,8-9,11-12,17H,7,10,13H2,1-2H3. The SMILES string of the molecule is Cc1ccccc1OCCCC(C#N)c1ccccc1C. The summed E-state index contributed by atoms with van der Waals surface area (Å²) in [5, 5.41) is 9.37. The minimum atomic E-state index is -0.0494. The van der Waals surface area contributed by atoms with Crippen LogP contribution in [0.4, 0.5) is 0 Å². The Morgan fingerprint density at radius 2 is 1.67 bits per heavy atom. The molecular weight excluding hydrogens is 258 g/mol. The smallest absolute Gasteiger partial charge is 0.122 e. The van der Waals surface area contributed by atoms with E-state index in [0.29, 0.717) is 6.61 Å². The first-order chi connectivity index (χ1) is 10.2. The van der Waals surface area contributed by atoms with Crippen molar-refractivity contribution in [3.8, 4) is 11.8 Å². The van der Waals surface area contributed by atoms with Gasteiger partial charge in [0, 0.05) is 0 Å². The monoisotopic (exact) mass is 279 g/mol. The number of benzene rings is 2. The lowest BCUT2D eigenvalue weighted by Crippen LogP contribution is -2.04. The Morgan fingerprint density at radius 3 is 2.33 bits per heavy atom. The molecule has 0 heterocycles. The Kier molecular flexibility index (Phi) is 5.40. The van der Waals surface area contributed by atoms with Gasteiger partial charge in [0.25, 0.3) is 0 Å². The van der Waals surface area contributed by atoms with E-state index in [1.807, 2.05) is 49.4 Å². The fourth-order valence-corrected chi connectivity index (χ4v) is 2.46. The summed E-state index contributed by atoms with van der Waals surface area (Å²) in [6.07, 6.45) is 1.70. The molecule has 0 aliphatic carbocycles. The van der Waals surface area contributed by atoms with Gasteiger partial charge in [-0.3, -0.25) is 0 Å². The quantitative estimate of drug-likeness (QED) is 0.713. The molecule has 21 heavy (non-hydrogen) atoms. The lowest BCUT2D eigenvalue weighted by molar-refractivity contribution is 0.303. The highest BCUT2D eigenvalue weighted by Crippen LogP contribution is 2.24. The summed E-state index contributed by atoms with van der Waals surface area (Å²) in [7, 11) is 0. The molecule has 0 aliphatic heterocycles. The Labute approximate surface area is 127 Å². The fraction of sp³-hybridized carbons (Fsp3) is 0.316. The van der Waals surface area contributed by atoms with Crippen LogP contribution in [0.5, 0.6) is 5.75 Å². The predicted octanol–water partition coefficient (Wildman–Crippen LogP) is 4.77. The molecule has 2 aromatic carbocycles. The normalized spacial score (nSPS) is 11.7. The first-order valence-corrected chi connectivity index (χ1v) is 7.36. The van der Waals surface area contributed by atoms with Gasteiger partial charge in [-0.15, -0.1) is 0 Å². The van der Waals surface area contributed by atoms with E-state index in [0.717, 1.165) is 29.7 Å². The molecule has 2 rings (SSSR count). The van der Waals surface area contributed by atoms with E-state index in [4.69, 9.17) is 4.74 Å². The van der Waals surface area contributed by atoms with Crippen LogP contribution in [0, 0.1) is 25.2 Å². The Bertz CT molecular complexity index is 627. The maximum absolute atomic E-state index is 9.37. The van der Waals surface area contributed by atoms with E-state index < -0.39 is 0 Å². The molecular formula is C19H21NO. The summed E-state index contributed by atoms with van der Waals surface area (Å²) in [6.45, 7) is 4.75. The third-order valence-electron chi connectivity index (χ3n) is 3.71. The van der Waals surface area contributed by atoms with Crippen LogP contribution < -0.4 is 4.74 Å². The Hall–Kier alpha value is -2.27. The predicted molar refractivity (Wildman–Crippen MR) is 85.4 cm³/mol. The van der Waals surface area contributed by atoms with Crippen molar-refractivity contribution in [2.45, 2.75) is 32.6 Å². The van der Waals surface area contributed by atoms with E-state index in [1.54, 1.807) is 0 Å². The zero-order valence-corrected chi connectivity index (χ0v) is 12.7. The van der Waals surface area contributed by atoms with Crippen LogP contribution in [-0.4, -0.2) is 6.61 Å². The number of hydrogen-bond acceptors (Lipinski definition) is 2. The number of ether oxygens (including phenoxy) is 1. The second kappa shape index (κ2) is 7.50. The molecule has 0 saturated carbocycles. The molecule has 1 unspecified atom stereocenters. The van der Waals surface area contributed by atoms with Crippen LogP contribution in [0.1, 0.15) is 35.4 Å². The van der Waals surface area contributed by atoms with Gasteiger partial charge in [-0.05, 0) is 49.4 Å². The van der Waals surface area contributed by atoms with Gasteiger partial charge >= 0.3 is 0 Å². The van der Waals surface area contributed by atoms with Crippen LogP contribution in [-0.2, 0) is 0 Å². The van der Waals surface area contributed by atoms with E-state index >= 15 is 0 Å². The van der Waals surface area contributed by atoms with Crippen LogP contribution in [0.3, 0.4) is 0 Å². The van der Waals surface area contributed by atoms with Gasteiger partial charge in [0.1, 0.15) is 5.75 Å². The number of nitriles is 1. The third kappa shape index (κ3) is 4.10. The van der Waals surface area contributed by atoms with Gasteiger partial charge in [0.05, 0.1) is 18.6 Å². The van der Waals surface area contributed by atoms with Crippen molar-refractivity contribution >= 4 is 0 Å². The average Bonchev–Trinajstić information content (AvgIpc) is 2.50. The molecule has 0 aliphatic rings. The molecule has 0 fully saturated rings. The minimum Gasteiger partial charge on any atom is -0.493 e. The van der Waals surface area contributed by atoms with Gasteiger partial charge in [-0.25, -0.2) is 0 Å². The molecule has 0 aromatic heterocycles. The maximum atomic E-state index is 9.37. The summed E-state index contributed by atoms with van der Waals surface area (Å²) in [4.78, 5) is 0. The molecule has 0 spiro atoms. The van der Waals surface area contributed by atoms with Crippen LogP contribution in [0.15, 0.2) is 48.5 Å². The van der Waals surface area contributed by atoms with Crippen LogP contribution in [0.2, 0.25) is 0 Å². The first-order valence-electron chi connectivity index (χ1n) is 7.36. The first kappa shape index (κ1) is 15.1. The summed E-state index contributed by atoms with van der Waals surface area (Å²) < 4.78 is 5.79. The summed E-state index contributed by atoms with van der Waals surface area (Å²) in [5.41, 5.74) is 3.47. The van der Waals surface area contributed by atoms with Gasteiger partial charge in [0.15, 0.2) is 0 Å². The zero-order valence-electron chi connectivity index (χ0n) is 12.7. The molecule has 0 N–H and O–H groups in total. The largest absolute Gasteiger partial charge is 0.493 e. The fourth-order valence-electron chi connectivity index (χ4n) is 2.46. The molecule has 0 radical (unpaired) electrons. The Morgan fingerprint density at radius 1 is 1.00 bits per heavy atom. The number of para-hydroxylation sites is 1. The van der Waals surface area contributed by atoms with E-state index in [9.17, 15) is 5.26 Å². The van der Waals surface area contributed by atoms with Crippen molar-refractivity contribution in [1.29, 1.82) is 5.26 Å². The van der Waals surface area contributed by atoms with Gasteiger partial charge in [-0.2, -0.15) is 5.26 Å². The van der Waals surface area contributed by atoms with Gasteiger partial charge < -0.3 is 4.74 Å². The Balaban J connectivity index is 1.86. The number of hydrogen-bond donors (Lipinski definition) is 0. The lowest BCUT2D eigenvalue weighted by Gasteiger charge is -2.13. The highest BCUT2D eigenvalue weighted by molar-refractivity contribution is 5.33. The number of aryl methyl sites for hydroxylation is 2. The molecule has 108 valence electrons. The second-order valence-electron chi connectivity index (χ2n) is 5.29. The number of nitrogens with zero attached hydrogens (tertiary/aromatic N) is 1. The summed E-state index contributed by atoms with van der Waals surface area (Å²) in [5.74, 6) is 0.883. The summed E-state index contributed by atoms with van der Waals surface area (Å²) in [6, 6.07) is 18.5. The molecule has 0 bridgehead atoms. The van der Waals surface area contributed by atoms with Crippen molar-refractivity contribution in [3.63, 3.8) is 0 Å². The second-order valence-corrected chi connectivity index (χ2v) is 5.29. The van der Waals surface area contributed by atoms with Crippen molar-refractivity contribution < 1.29 is 4.74 Å². The van der Waals surface area contributed by atoms with Crippen molar-refractivity contribution in [3.05, 3.63) is 65.2 Å². The van der Waals surface area contributed by atoms with Crippen molar-refractivity contribution in [1.82, 2.24) is 0 Å². The van der Waals surface area contributed by atoms with Crippen molar-refractivity contribution in [2.75, 3.05) is 6.61 Å². The van der Waals surface area contributed by atoms with Gasteiger partial charge in [-0.1, -0.05) is 42.5 Å². The minimum absolute atomic E-state index is 0.0494. The topological polar surface area (TPSA) is 33.0 Å². The molecule has 0 saturated heterocycles. The lowest BCUT2D eigenvalue weighted by atomic mass is 9.92. The third-order valence-corrected chi connectivity index (χ3v) is 3.71. The van der Waals surface area contributed by atoms with E-state index in [-0.39, 0.29) is 5.92 Å². The van der Waals surface area contributed by atoms with Crippen LogP contribution >= 0.6 is 0 Å². The van der Waals surface area contributed by atoms with Crippen molar-refractivity contribution in [2.24, 2.45) is 0 Å². The van der Waals surface area contributed by atoms with Crippen LogP contribution in [0.25, 0.3) is 0 Å². The molecule has 2 nitrogen and oxygen atoms in total. The molecule has 2 heteroatoms. The van der Waals surface area contributed by atoms with E-state index in [1.165, 1.54) is 5.56 Å². The highest BCUT2D eigenvalue weighted by Gasteiger charge is 2.12. The maximum Gasteiger partial charge on any atom is 0.122 e. The highest BCUT2D eigenvalue weighted by atomic mass is 16.5. The average molecular weight is 279 g/mol. The number of rotatable bonds is 6. The molecule has 2 aromatic rings. The molecule has 1 atom stereocenters.